The lowest BCUT2D eigenvalue weighted by molar-refractivity contribution is -0.121. The van der Waals surface area contributed by atoms with Crippen LogP contribution in [0.5, 0.6) is 0 Å². The van der Waals surface area contributed by atoms with Gasteiger partial charge in [-0.1, -0.05) is 56.0 Å². The molecular formula is C19H25N5OS2. The van der Waals surface area contributed by atoms with Gasteiger partial charge >= 0.3 is 0 Å². The fourth-order valence-corrected chi connectivity index (χ4v) is 4.04. The van der Waals surface area contributed by atoms with Crippen molar-refractivity contribution in [1.82, 2.24) is 15.5 Å². The molecule has 0 bridgehead atoms. The normalized spacial score (nSPS) is 14.3. The van der Waals surface area contributed by atoms with Gasteiger partial charge in [0.15, 0.2) is 4.34 Å². The van der Waals surface area contributed by atoms with Gasteiger partial charge in [0, 0.05) is 5.69 Å². The number of carbonyl (C=O) groups excluding carboxylic acids is 1. The first kappa shape index (κ1) is 21.2. The number of thioether (sulfide) groups is 1. The number of benzene rings is 1. The van der Waals surface area contributed by atoms with Crippen molar-refractivity contribution in [1.29, 1.82) is 5.26 Å². The Hall–Kier alpha value is -2.11. The van der Waals surface area contributed by atoms with E-state index in [1.54, 1.807) is 13.8 Å². The predicted molar refractivity (Wildman–Crippen MR) is 111 cm³/mol. The van der Waals surface area contributed by atoms with Gasteiger partial charge in [-0.15, -0.1) is 10.2 Å². The summed E-state index contributed by atoms with van der Waals surface area (Å²) in [5.41, 5.74) is 1.34. The van der Waals surface area contributed by atoms with Crippen molar-refractivity contribution in [3.63, 3.8) is 0 Å². The zero-order chi connectivity index (χ0) is 20.0. The molecule has 144 valence electrons. The zero-order valence-corrected chi connectivity index (χ0v) is 17.9. The van der Waals surface area contributed by atoms with Crippen molar-refractivity contribution in [3.05, 3.63) is 29.8 Å². The van der Waals surface area contributed by atoms with Crippen molar-refractivity contribution in [3.8, 4) is 6.07 Å². The van der Waals surface area contributed by atoms with Gasteiger partial charge in [-0.3, -0.25) is 4.79 Å². The van der Waals surface area contributed by atoms with Gasteiger partial charge in [-0.05, 0) is 43.9 Å². The molecule has 0 spiro atoms. The quantitative estimate of drug-likeness (QED) is 0.636. The minimum absolute atomic E-state index is 0.0140. The maximum Gasteiger partial charge on any atom is 0.234 e. The molecule has 0 aliphatic carbocycles. The Balaban J connectivity index is 1.96. The molecule has 1 heterocycles. The number of aromatic nitrogens is 2. The third-order valence-electron chi connectivity index (χ3n) is 4.44. The summed E-state index contributed by atoms with van der Waals surface area (Å²) in [6, 6.07) is 10.4. The highest BCUT2D eigenvalue weighted by atomic mass is 32.2. The van der Waals surface area contributed by atoms with Gasteiger partial charge in [0.1, 0.15) is 5.54 Å². The summed E-state index contributed by atoms with van der Waals surface area (Å²) in [6.45, 7) is 9.49. The van der Waals surface area contributed by atoms with Gasteiger partial charge in [0.2, 0.25) is 11.0 Å². The lowest BCUT2D eigenvalue weighted by Gasteiger charge is -2.28. The Morgan fingerprint density at radius 3 is 2.52 bits per heavy atom. The van der Waals surface area contributed by atoms with E-state index in [0.717, 1.165) is 12.1 Å². The first-order valence-corrected chi connectivity index (χ1v) is 10.6. The number of nitriles is 1. The smallest absolute Gasteiger partial charge is 0.234 e. The van der Waals surface area contributed by atoms with E-state index in [2.05, 4.69) is 46.0 Å². The van der Waals surface area contributed by atoms with Crippen molar-refractivity contribution < 1.29 is 4.79 Å². The van der Waals surface area contributed by atoms with Crippen LogP contribution < -0.4 is 10.6 Å². The standard InChI is InChI=1S/C19H25N5OS2/c1-6-14-7-9-15(10-8-14)21-17-23-24-18(27-17)26-13(4)16(25)22-19(5,11-20)12(2)3/h7-10,12-13H,6H2,1-5H3,(H,21,23)(H,22,25)/t13-,19-/m1/s1. The van der Waals surface area contributed by atoms with E-state index in [4.69, 9.17) is 0 Å². The van der Waals surface area contributed by atoms with E-state index in [1.807, 2.05) is 26.0 Å². The summed E-state index contributed by atoms with van der Waals surface area (Å²) in [7, 11) is 0. The van der Waals surface area contributed by atoms with Gasteiger partial charge in [0.05, 0.1) is 11.3 Å². The number of hydrogen-bond acceptors (Lipinski definition) is 7. The van der Waals surface area contributed by atoms with Crippen LogP contribution in [-0.2, 0) is 11.2 Å². The van der Waals surface area contributed by atoms with Crippen LogP contribution >= 0.6 is 23.1 Å². The highest BCUT2D eigenvalue weighted by molar-refractivity contribution is 8.02. The summed E-state index contributed by atoms with van der Waals surface area (Å²) in [6.07, 6.45) is 1.00. The maximum absolute atomic E-state index is 12.4. The second-order valence-electron chi connectivity index (χ2n) is 6.77. The Bertz CT molecular complexity index is 812. The number of carbonyl (C=O) groups is 1. The maximum atomic E-state index is 12.4. The molecule has 0 fully saturated rings. The molecule has 8 heteroatoms. The Labute approximate surface area is 168 Å². The van der Waals surface area contributed by atoms with Gasteiger partial charge in [-0.25, -0.2) is 0 Å². The number of anilines is 2. The first-order valence-electron chi connectivity index (χ1n) is 8.86. The summed E-state index contributed by atoms with van der Waals surface area (Å²) in [4.78, 5) is 12.4. The van der Waals surface area contributed by atoms with Crippen molar-refractivity contribution in [2.45, 2.75) is 56.2 Å². The second-order valence-corrected chi connectivity index (χ2v) is 9.33. The highest BCUT2D eigenvalue weighted by Gasteiger charge is 2.32. The number of aryl methyl sites for hydroxylation is 1. The lowest BCUT2D eigenvalue weighted by Crippen LogP contribution is -2.51. The molecule has 6 nitrogen and oxygen atoms in total. The number of amides is 1. The predicted octanol–water partition coefficient (Wildman–Crippen LogP) is 4.38. The average molecular weight is 404 g/mol. The molecular weight excluding hydrogens is 378 g/mol. The van der Waals surface area contributed by atoms with Crippen molar-refractivity contribution in [2.24, 2.45) is 5.92 Å². The molecule has 1 aromatic carbocycles. The lowest BCUT2D eigenvalue weighted by atomic mass is 9.90. The minimum atomic E-state index is -0.885. The van der Waals surface area contributed by atoms with Crippen LogP contribution in [-0.4, -0.2) is 26.9 Å². The summed E-state index contributed by atoms with van der Waals surface area (Å²) >= 11 is 2.73. The van der Waals surface area contributed by atoms with E-state index in [-0.39, 0.29) is 17.1 Å². The molecule has 27 heavy (non-hydrogen) atoms. The SMILES string of the molecule is CCc1ccc(Nc2nnc(S[C@H](C)C(=O)N[C@](C)(C#N)C(C)C)s2)cc1. The Morgan fingerprint density at radius 2 is 1.96 bits per heavy atom. The Kier molecular flexibility index (Phi) is 7.22. The average Bonchev–Trinajstić information content (AvgIpc) is 3.08. The zero-order valence-electron chi connectivity index (χ0n) is 16.2. The molecule has 0 saturated carbocycles. The monoisotopic (exact) mass is 403 g/mol. The van der Waals surface area contributed by atoms with E-state index in [0.29, 0.717) is 9.47 Å². The van der Waals surface area contributed by atoms with Crippen LogP contribution in [0.1, 0.15) is 40.2 Å². The molecule has 2 aromatic rings. The van der Waals surface area contributed by atoms with Crippen LogP contribution in [0.15, 0.2) is 28.6 Å². The number of nitrogens with one attached hydrogen (secondary N) is 2. The number of hydrogen-bond donors (Lipinski definition) is 2. The van der Waals surface area contributed by atoms with E-state index < -0.39 is 5.54 Å². The summed E-state index contributed by atoms with van der Waals surface area (Å²) in [5.74, 6) is -0.169. The fourth-order valence-electron chi connectivity index (χ4n) is 2.12. The molecule has 2 rings (SSSR count). The van der Waals surface area contributed by atoms with Crippen molar-refractivity contribution in [2.75, 3.05) is 5.32 Å². The van der Waals surface area contributed by atoms with Crippen LogP contribution in [0.4, 0.5) is 10.8 Å². The molecule has 0 aliphatic heterocycles. The van der Waals surface area contributed by atoms with Crippen LogP contribution in [0.3, 0.4) is 0 Å². The highest BCUT2D eigenvalue weighted by Crippen LogP contribution is 2.31. The topological polar surface area (TPSA) is 90.7 Å². The van der Waals surface area contributed by atoms with Crippen LogP contribution in [0.2, 0.25) is 0 Å². The largest absolute Gasteiger partial charge is 0.337 e. The van der Waals surface area contributed by atoms with Gasteiger partial charge in [-0.2, -0.15) is 5.26 Å². The second kappa shape index (κ2) is 9.20. The summed E-state index contributed by atoms with van der Waals surface area (Å²) < 4.78 is 0.702. The molecule has 2 atom stereocenters. The molecule has 2 N–H and O–H groups in total. The van der Waals surface area contributed by atoms with Gasteiger partial charge < -0.3 is 10.6 Å². The number of nitrogens with zero attached hydrogens (tertiary/aromatic N) is 3. The molecule has 0 saturated heterocycles. The third kappa shape index (κ3) is 5.68. The van der Waals surface area contributed by atoms with Crippen LogP contribution in [0.25, 0.3) is 0 Å². The fraction of sp³-hybridized carbons (Fsp3) is 0.474. The number of rotatable bonds is 8. The molecule has 1 aromatic heterocycles. The molecule has 0 unspecified atom stereocenters. The van der Waals surface area contributed by atoms with E-state index in [1.165, 1.54) is 28.7 Å². The minimum Gasteiger partial charge on any atom is -0.337 e. The molecule has 0 aliphatic rings. The van der Waals surface area contributed by atoms with Crippen molar-refractivity contribution >= 4 is 39.8 Å². The molecule has 1 amide bonds. The molecule has 0 radical (unpaired) electrons. The first-order chi connectivity index (χ1) is 12.8. The van der Waals surface area contributed by atoms with Gasteiger partial charge in [0.25, 0.3) is 0 Å². The van der Waals surface area contributed by atoms with E-state index >= 15 is 0 Å². The third-order valence-corrected chi connectivity index (χ3v) is 6.46. The summed E-state index contributed by atoms with van der Waals surface area (Å²) in [5, 5.41) is 24.0. The Morgan fingerprint density at radius 1 is 1.30 bits per heavy atom. The van der Waals surface area contributed by atoms with Crippen LogP contribution in [0, 0.1) is 17.2 Å². The van der Waals surface area contributed by atoms with E-state index in [9.17, 15) is 10.1 Å².